The minimum atomic E-state index is -0.168. The average molecular weight is 625 g/mol. The van der Waals surface area contributed by atoms with Gasteiger partial charge in [0.05, 0.1) is 16.7 Å². The molecule has 0 radical (unpaired) electrons. The Hall–Kier alpha value is -5.59. The standard InChI is InChI=1S/C41H28N4OS/c1-41(2)32-13-4-6-15-35(32)47-36-19-18-34-37(38(36)41)30-12-8-20-42-40(30)45(34)25-9-7-10-26(23-25)46-27-16-17-28-29-11-3-5-14-33(29)44-22-21-43-39(44)31(28)24-27/h3-24H,1-2H3. The van der Waals surface area contributed by atoms with E-state index in [1.807, 2.05) is 48.6 Å². The number of fused-ring (bicyclic) bond motifs is 12. The van der Waals surface area contributed by atoms with Crippen LogP contribution < -0.4 is 4.74 Å². The Morgan fingerprint density at radius 3 is 2.40 bits per heavy atom. The van der Waals surface area contributed by atoms with Gasteiger partial charge in [0.25, 0.3) is 0 Å². The van der Waals surface area contributed by atoms with Crippen LogP contribution in [0.5, 0.6) is 11.5 Å². The third-order valence-electron chi connectivity index (χ3n) is 9.70. The fraction of sp³-hybridized carbons (Fsp3) is 0.0732. The summed E-state index contributed by atoms with van der Waals surface area (Å²) < 4.78 is 11.0. The number of benzene rings is 5. The molecule has 6 heteroatoms. The van der Waals surface area contributed by atoms with Crippen molar-refractivity contribution in [1.29, 1.82) is 0 Å². The lowest BCUT2D eigenvalue weighted by molar-refractivity contribution is 0.483. The quantitative estimate of drug-likeness (QED) is 0.184. The van der Waals surface area contributed by atoms with E-state index in [1.165, 1.54) is 31.7 Å². The van der Waals surface area contributed by atoms with Crippen LogP contribution in [-0.2, 0) is 5.41 Å². The summed E-state index contributed by atoms with van der Waals surface area (Å²) in [6, 6.07) is 40.6. The normalized spacial score (nSPS) is 13.8. The van der Waals surface area contributed by atoms with Crippen molar-refractivity contribution >= 4 is 61.0 Å². The molecule has 0 bridgehead atoms. The van der Waals surface area contributed by atoms with Crippen molar-refractivity contribution < 1.29 is 4.74 Å². The van der Waals surface area contributed by atoms with Crippen LogP contribution in [-0.4, -0.2) is 18.9 Å². The van der Waals surface area contributed by atoms with Crippen LogP contribution in [0.15, 0.2) is 144 Å². The Morgan fingerprint density at radius 1 is 0.617 bits per heavy atom. The molecule has 9 aromatic rings. The van der Waals surface area contributed by atoms with Crippen LogP contribution in [0.2, 0.25) is 0 Å². The van der Waals surface area contributed by atoms with Gasteiger partial charge in [0, 0.05) is 61.4 Å². The molecule has 10 rings (SSSR count). The summed E-state index contributed by atoms with van der Waals surface area (Å²) in [5.74, 6) is 1.53. The molecular formula is C41H28N4OS. The Morgan fingerprint density at radius 2 is 1.45 bits per heavy atom. The molecule has 0 aliphatic carbocycles. The molecule has 4 aromatic heterocycles. The van der Waals surface area contributed by atoms with E-state index in [9.17, 15) is 0 Å². The molecule has 1 aliphatic heterocycles. The van der Waals surface area contributed by atoms with Gasteiger partial charge in [0.1, 0.15) is 22.8 Å². The van der Waals surface area contributed by atoms with Crippen LogP contribution in [0, 0.1) is 0 Å². The van der Waals surface area contributed by atoms with E-state index in [4.69, 9.17) is 14.7 Å². The monoisotopic (exact) mass is 624 g/mol. The maximum atomic E-state index is 6.58. The minimum absolute atomic E-state index is 0.168. The van der Waals surface area contributed by atoms with Crippen LogP contribution in [0.4, 0.5) is 0 Å². The van der Waals surface area contributed by atoms with Crippen LogP contribution in [0.1, 0.15) is 25.0 Å². The van der Waals surface area contributed by atoms with Gasteiger partial charge in [0.2, 0.25) is 0 Å². The van der Waals surface area contributed by atoms with E-state index < -0.39 is 0 Å². The maximum Gasteiger partial charge on any atom is 0.145 e. The van der Waals surface area contributed by atoms with Crippen LogP contribution >= 0.6 is 11.8 Å². The number of hydrogen-bond acceptors (Lipinski definition) is 4. The number of hydrogen-bond donors (Lipinski definition) is 0. The Bertz CT molecular complexity index is 2740. The van der Waals surface area contributed by atoms with E-state index in [0.717, 1.165) is 55.7 Å². The van der Waals surface area contributed by atoms with Crippen LogP contribution in [0.3, 0.4) is 0 Å². The summed E-state index contributed by atoms with van der Waals surface area (Å²) in [6.07, 6.45) is 5.76. The second kappa shape index (κ2) is 9.71. The SMILES string of the molecule is CC1(C)c2ccccc2Sc2ccc3c(c21)c1cccnc1n3-c1cccc(Oc2ccc3c4ccccc4n4ccnc4c3c2)c1. The average Bonchev–Trinajstić information content (AvgIpc) is 3.72. The summed E-state index contributed by atoms with van der Waals surface area (Å²) in [4.78, 5) is 12.3. The van der Waals surface area contributed by atoms with E-state index in [1.54, 1.807) is 0 Å². The summed E-state index contributed by atoms with van der Waals surface area (Å²) in [5, 5.41) is 5.82. The van der Waals surface area contributed by atoms with Gasteiger partial charge in [-0.1, -0.05) is 68.1 Å². The van der Waals surface area contributed by atoms with E-state index >= 15 is 0 Å². The largest absolute Gasteiger partial charge is 0.457 e. The Kier molecular flexibility index (Phi) is 5.50. The number of imidazole rings is 1. The lowest BCUT2D eigenvalue weighted by Crippen LogP contribution is -2.24. The number of nitrogens with zero attached hydrogens (tertiary/aromatic N) is 4. The smallest absolute Gasteiger partial charge is 0.145 e. The molecule has 47 heavy (non-hydrogen) atoms. The van der Waals surface area contributed by atoms with Gasteiger partial charge in [-0.15, -0.1) is 0 Å². The number of pyridine rings is 2. The van der Waals surface area contributed by atoms with Crippen molar-refractivity contribution in [3.8, 4) is 17.2 Å². The summed E-state index contributed by atoms with van der Waals surface area (Å²) in [7, 11) is 0. The molecule has 0 N–H and O–H groups in total. The van der Waals surface area contributed by atoms with Crippen molar-refractivity contribution in [2.45, 2.75) is 29.1 Å². The maximum absolute atomic E-state index is 6.58. The molecule has 0 unspecified atom stereocenters. The second-order valence-corrected chi connectivity index (χ2v) is 13.8. The predicted octanol–water partition coefficient (Wildman–Crippen LogP) is 10.7. The third kappa shape index (κ3) is 3.79. The summed E-state index contributed by atoms with van der Waals surface area (Å²) in [6.45, 7) is 4.70. The van der Waals surface area contributed by atoms with E-state index in [-0.39, 0.29) is 5.41 Å². The first-order valence-corrected chi connectivity index (χ1v) is 16.6. The molecule has 0 fully saturated rings. The van der Waals surface area contributed by atoms with Crippen LogP contribution in [0.25, 0.3) is 54.9 Å². The number of ether oxygens (including phenoxy) is 1. The van der Waals surface area contributed by atoms with Gasteiger partial charge in [-0.2, -0.15) is 0 Å². The van der Waals surface area contributed by atoms with Crippen molar-refractivity contribution in [3.05, 3.63) is 145 Å². The van der Waals surface area contributed by atoms with Gasteiger partial charge < -0.3 is 4.74 Å². The minimum Gasteiger partial charge on any atom is -0.457 e. The lowest BCUT2D eigenvalue weighted by Gasteiger charge is -2.35. The highest BCUT2D eigenvalue weighted by molar-refractivity contribution is 7.99. The van der Waals surface area contributed by atoms with Crippen molar-refractivity contribution in [1.82, 2.24) is 18.9 Å². The van der Waals surface area contributed by atoms with Crippen molar-refractivity contribution in [3.63, 3.8) is 0 Å². The van der Waals surface area contributed by atoms with Gasteiger partial charge in [-0.3, -0.25) is 8.97 Å². The summed E-state index contributed by atoms with van der Waals surface area (Å²) in [5.41, 5.74) is 7.69. The molecule has 0 amide bonds. The van der Waals surface area contributed by atoms with E-state index in [0.29, 0.717) is 0 Å². The first kappa shape index (κ1) is 26.6. The third-order valence-corrected chi connectivity index (χ3v) is 10.8. The topological polar surface area (TPSA) is 44.4 Å². The lowest BCUT2D eigenvalue weighted by atomic mass is 9.76. The Labute approximate surface area is 275 Å². The van der Waals surface area contributed by atoms with Gasteiger partial charge in [0.15, 0.2) is 0 Å². The molecule has 0 atom stereocenters. The van der Waals surface area contributed by atoms with E-state index in [2.05, 4.69) is 120 Å². The molecule has 224 valence electrons. The second-order valence-electron chi connectivity index (χ2n) is 12.7. The zero-order valence-electron chi connectivity index (χ0n) is 25.8. The fourth-order valence-electron chi connectivity index (χ4n) is 7.65. The van der Waals surface area contributed by atoms with Gasteiger partial charge >= 0.3 is 0 Å². The first-order valence-electron chi connectivity index (χ1n) is 15.8. The van der Waals surface area contributed by atoms with Crippen molar-refractivity contribution in [2.75, 3.05) is 0 Å². The zero-order chi connectivity index (χ0) is 31.3. The molecule has 0 spiro atoms. The van der Waals surface area contributed by atoms with Gasteiger partial charge in [-0.25, -0.2) is 9.97 Å². The number of rotatable bonds is 3. The highest BCUT2D eigenvalue weighted by Gasteiger charge is 2.36. The van der Waals surface area contributed by atoms with Crippen molar-refractivity contribution in [2.24, 2.45) is 0 Å². The first-order chi connectivity index (χ1) is 23.1. The van der Waals surface area contributed by atoms with Gasteiger partial charge in [-0.05, 0) is 83.2 Å². The number of aromatic nitrogens is 4. The molecule has 5 heterocycles. The Balaban J connectivity index is 1.12. The zero-order valence-corrected chi connectivity index (χ0v) is 26.6. The molecule has 1 aliphatic rings. The molecule has 0 saturated heterocycles. The highest BCUT2D eigenvalue weighted by atomic mass is 32.2. The highest BCUT2D eigenvalue weighted by Crippen LogP contribution is 2.53. The predicted molar refractivity (Wildman–Crippen MR) is 192 cm³/mol. The molecule has 5 aromatic carbocycles. The number of para-hydroxylation sites is 1. The fourth-order valence-corrected chi connectivity index (χ4v) is 9.06. The molecule has 0 saturated carbocycles. The molecular weight excluding hydrogens is 597 g/mol. The molecule has 5 nitrogen and oxygen atoms in total. The summed E-state index contributed by atoms with van der Waals surface area (Å²) >= 11 is 1.86.